The maximum absolute atomic E-state index is 12.1. The number of hydrogen-bond acceptors (Lipinski definition) is 6. The molecule has 0 aromatic carbocycles. The summed E-state index contributed by atoms with van der Waals surface area (Å²) in [6.45, 7) is 3.54. The van der Waals surface area contributed by atoms with Gasteiger partial charge in [-0.1, -0.05) is 97.3 Å². The molecule has 2 N–H and O–H groups in total. The largest absolute Gasteiger partial charge is 0.469 e. The lowest BCUT2D eigenvalue weighted by Gasteiger charge is -2.18. The maximum atomic E-state index is 12.1. The minimum absolute atomic E-state index is 0.216. The lowest BCUT2D eigenvalue weighted by atomic mass is 10.1. The Morgan fingerprint density at radius 3 is 1.55 bits per heavy atom. The molecule has 0 bridgehead atoms. The second kappa shape index (κ2) is 21.6. The lowest BCUT2D eigenvalue weighted by molar-refractivity contribution is -0.161. The normalized spacial score (nSPS) is 12.5. The number of carbonyl (C=O) groups is 2. The molecule has 0 rings (SSSR count). The third-order valence-electron chi connectivity index (χ3n) is 5.38. The molecule has 0 unspecified atom stereocenters. The van der Waals surface area contributed by atoms with Crippen molar-refractivity contribution >= 4 is 19.8 Å². The van der Waals surface area contributed by atoms with Crippen molar-refractivity contribution < 1.29 is 37.9 Å². The molecule has 196 valence electrons. The highest BCUT2D eigenvalue weighted by Crippen LogP contribution is 2.35. The minimum atomic E-state index is -4.72. The third kappa shape index (κ3) is 24.0. The SMILES string of the molecule is CCCCCCCCCCC(=O)O[C@H](COC(=O)CCCCCCCCC)COP(=O)(O)O. The predicted molar refractivity (Wildman–Crippen MR) is 129 cm³/mol. The molecule has 9 heteroatoms. The van der Waals surface area contributed by atoms with Crippen LogP contribution in [0.25, 0.3) is 0 Å². The average molecular weight is 495 g/mol. The van der Waals surface area contributed by atoms with Crippen molar-refractivity contribution in [1.82, 2.24) is 0 Å². The Morgan fingerprint density at radius 1 is 0.667 bits per heavy atom. The second-order valence-electron chi connectivity index (χ2n) is 8.68. The van der Waals surface area contributed by atoms with Crippen molar-refractivity contribution in [3.8, 4) is 0 Å². The number of phosphoric ester groups is 1. The molecular formula is C24H47O8P. The summed E-state index contributed by atoms with van der Waals surface area (Å²) < 4.78 is 25.9. The zero-order valence-corrected chi connectivity index (χ0v) is 21.7. The van der Waals surface area contributed by atoms with Crippen molar-refractivity contribution in [3.05, 3.63) is 0 Å². The zero-order chi connectivity index (χ0) is 24.8. The van der Waals surface area contributed by atoms with Crippen LogP contribution in [0.4, 0.5) is 0 Å². The van der Waals surface area contributed by atoms with E-state index in [4.69, 9.17) is 19.3 Å². The molecule has 1 atom stereocenters. The van der Waals surface area contributed by atoms with Gasteiger partial charge in [-0.05, 0) is 12.8 Å². The van der Waals surface area contributed by atoms with Crippen LogP contribution in [0.15, 0.2) is 0 Å². The fraction of sp³-hybridized carbons (Fsp3) is 0.917. The van der Waals surface area contributed by atoms with Crippen LogP contribution in [-0.4, -0.2) is 41.0 Å². The molecule has 0 aromatic heterocycles. The van der Waals surface area contributed by atoms with Gasteiger partial charge in [0, 0.05) is 12.8 Å². The summed E-state index contributed by atoms with van der Waals surface area (Å²) in [6.07, 6.45) is 15.8. The summed E-state index contributed by atoms with van der Waals surface area (Å²) in [5.41, 5.74) is 0. The molecule has 0 aliphatic carbocycles. The van der Waals surface area contributed by atoms with Crippen molar-refractivity contribution in [2.45, 2.75) is 129 Å². The lowest BCUT2D eigenvalue weighted by Crippen LogP contribution is -2.29. The van der Waals surface area contributed by atoms with E-state index in [1.807, 2.05) is 0 Å². The fourth-order valence-electron chi connectivity index (χ4n) is 3.43. The van der Waals surface area contributed by atoms with E-state index in [2.05, 4.69) is 18.4 Å². The molecule has 0 spiro atoms. The Balaban J connectivity index is 4.15. The van der Waals surface area contributed by atoms with Gasteiger partial charge in [0.1, 0.15) is 6.61 Å². The van der Waals surface area contributed by atoms with Gasteiger partial charge < -0.3 is 19.3 Å². The molecule has 33 heavy (non-hydrogen) atoms. The van der Waals surface area contributed by atoms with E-state index in [-0.39, 0.29) is 19.4 Å². The monoisotopic (exact) mass is 494 g/mol. The highest BCUT2D eigenvalue weighted by Gasteiger charge is 2.22. The Bertz CT molecular complexity index is 535. The van der Waals surface area contributed by atoms with Crippen LogP contribution in [-0.2, 0) is 28.2 Å². The third-order valence-corrected chi connectivity index (χ3v) is 5.86. The summed E-state index contributed by atoms with van der Waals surface area (Å²) in [7, 11) is -4.72. The van der Waals surface area contributed by atoms with Gasteiger partial charge >= 0.3 is 19.8 Å². The molecule has 0 saturated carbocycles. The highest BCUT2D eigenvalue weighted by atomic mass is 31.2. The van der Waals surface area contributed by atoms with Gasteiger partial charge in [-0.25, -0.2) is 4.57 Å². The second-order valence-corrected chi connectivity index (χ2v) is 9.92. The first-order valence-electron chi connectivity index (χ1n) is 12.8. The summed E-state index contributed by atoms with van der Waals surface area (Å²) in [5, 5.41) is 0. The van der Waals surface area contributed by atoms with Crippen molar-refractivity contribution in [3.63, 3.8) is 0 Å². The Morgan fingerprint density at radius 2 is 1.09 bits per heavy atom. The van der Waals surface area contributed by atoms with E-state index >= 15 is 0 Å². The topological polar surface area (TPSA) is 119 Å². The summed E-state index contributed by atoms with van der Waals surface area (Å²) in [6, 6.07) is 0. The van der Waals surface area contributed by atoms with Gasteiger partial charge in [0.05, 0.1) is 6.61 Å². The minimum Gasteiger partial charge on any atom is -0.462 e. The van der Waals surface area contributed by atoms with E-state index in [1.54, 1.807) is 0 Å². The van der Waals surface area contributed by atoms with Crippen LogP contribution < -0.4 is 0 Å². The number of rotatable bonds is 23. The molecule has 0 aromatic rings. The first kappa shape index (κ1) is 32.0. The van der Waals surface area contributed by atoms with Gasteiger partial charge in [-0.15, -0.1) is 0 Å². The van der Waals surface area contributed by atoms with Gasteiger partial charge in [0.25, 0.3) is 0 Å². The molecule has 0 aliphatic heterocycles. The highest BCUT2D eigenvalue weighted by molar-refractivity contribution is 7.46. The van der Waals surface area contributed by atoms with E-state index in [9.17, 15) is 14.2 Å². The van der Waals surface area contributed by atoms with Gasteiger partial charge in [0.15, 0.2) is 6.10 Å². The number of hydrogen-bond donors (Lipinski definition) is 2. The van der Waals surface area contributed by atoms with Gasteiger partial charge in [-0.3, -0.25) is 14.1 Å². The predicted octanol–water partition coefficient (Wildman–Crippen LogP) is 6.22. The zero-order valence-electron chi connectivity index (χ0n) is 20.8. The maximum Gasteiger partial charge on any atom is 0.469 e. The molecule has 0 saturated heterocycles. The molecule has 8 nitrogen and oxygen atoms in total. The van der Waals surface area contributed by atoms with E-state index in [0.29, 0.717) is 6.42 Å². The van der Waals surface area contributed by atoms with Crippen molar-refractivity contribution in [1.29, 1.82) is 0 Å². The molecule has 0 fully saturated rings. The fourth-order valence-corrected chi connectivity index (χ4v) is 3.79. The van der Waals surface area contributed by atoms with Gasteiger partial charge in [-0.2, -0.15) is 0 Å². The number of esters is 2. The Kier molecular flexibility index (Phi) is 21.0. The van der Waals surface area contributed by atoms with Crippen LogP contribution >= 0.6 is 7.82 Å². The smallest absolute Gasteiger partial charge is 0.462 e. The van der Waals surface area contributed by atoms with Gasteiger partial charge in [0.2, 0.25) is 0 Å². The molecule has 0 aliphatic rings. The quantitative estimate of drug-likeness (QED) is 0.0975. The summed E-state index contributed by atoms with van der Waals surface area (Å²) in [4.78, 5) is 41.9. The first-order valence-corrected chi connectivity index (χ1v) is 14.4. The molecule has 0 radical (unpaired) electrons. The van der Waals surface area contributed by atoms with Crippen molar-refractivity contribution in [2.75, 3.05) is 13.2 Å². The number of carbonyl (C=O) groups excluding carboxylic acids is 2. The van der Waals surface area contributed by atoms with Crippen LogP contribution in [0, 0.1) is 0 Å². The Labute approximate surface area is 200 Å². The van der Waals surface area contributed by atoms with Crippen LogP contribution in [0.5, 0.6) is 0 Å². The number of ether oxygens (including phenoxy) is 2. The average Bonchev–Trinajstić information content (AvgIpc) is 2.76. The first-order chi connectivity index (χ1) is 15.8. The standard InChI is InChI=1S/C24H47O8P/c1-3-5-7-9-11-13-15-17-19-24(26)32-22(21-31-33(27,28)29)20-30-23(25)18-16-14-12-10-8-6-4-2/h22H,3-21H2,1-2H3,(H2,27,28,29)/t22-/m1/s1. The number of phosphoric acid groups is 1. The van der Waals surface area contributed by atoms with E-state index < -0.39 is 32.5 Å². The van der Waals surface area contributed by atoms with Crippen LogP contribution in [0.3, 0.4) is 0 Å². The molecule has 0 amide bonds. The van der Waals surface area contributed by atoms with E-state index in [1.165, 1.54) is 51.4 Å². The molecular weight excluding hydrogens is 447 g/mol. The van der Waals surface area contributed by atoms with Crippen molar-refractivity contribution in [2.24, 2.45) is 0 Å². The molecule has 0 heterocycles. The van der Waals surface area contributed by atoms with Crippen LogP contribution in [0.2, 0.25) is 0 Å². The van der Waals surface area contributed by atoms with E-state index in [0.717, 1.165) is 38.5 Å². The number of unbranched alkanes of at least 4 members (excludes halogenated alkanes) is 13. The summed E-state index contributed by atoms with van der Waals surface area (Å²) in [5.74, 6) is -0.896. The Hall–Kier alpha value is -0.950. The summed E-state index contributed by atoms with van der Waals surface area (Å²) >= 11 is 0. The van der Waals surface area contributed by atoms with Crippen LogP contribution in [0.1, 0.15) is 123 Å².